The zero-order valence-electron chi connectivity index (χ0n) is 27.8. The average molecular weight is 670 g/mol. The van der Waals surface area contributed by atoms with E-state index >= 15 is 0 Å². The number of ether oxygens (including phenoxy) is 5. The summed E-state index contributed by atoms with van der Waals surface area (Å²) in [6.07, 6.45) is -3.32. The van der Waals surface area contributed by atoms with Gasteiger partial charge in [0.25, 0.3) is 0 Å². The molecule has 0 bridgehead atoms. The third-order valence-corrected chi connectivity index (χ3v) is 10.0. The number of methoxy groups -OCH3 is 1. The number of likely N-dealkylation sites (N-methyl/N-ethyl adjacent to an activating group) is 1. The number of carbonyl (C=O) groups is 3. The molecular formula is C35H43NO12. The van der Waals surface area contributed by atoms with Crippen LogP contribution in [0.15, 0.2) is 24.3 Å². The Morgan fingerprint density at radius 1 is 0.979 bits per heavy atom. The van der Waals surface area contributed by atoms with Crippen LogP contribution in [0, 0.1) is 0 Å². The summed E-state index contributed by atoms with van der Waals surface area (Å²) in [5.41, 5.74) is -2.40. The lowest BCUT2D eigenvalue weighted by molar-refractivity contribution is -0.301. The van der Waals surface area contributed by atoms with Gasteiger partial charge in [0.2, 0.25) is 5.78 Å². The van der Waals surface area contributed by atoms with Crippen LogP contribution in [0.3, 0.4) is 0 Å². The van der Waals surface area contributed by atoms with Crippen molar-refractivity contribution in [2.75, 3.05) is 21.2 Å². The quantitative estimate of drug-likeness (QED) is 0.282. The van der Waals surface area contributed by atoms with Gasteiger partial charge in [0, 0.05) is 42.0 Å². The molecule has 2 aromatic rings. The van der Waals surface area contributed by atoms with Gasteiger partial charge in [-0.2, -0.15) is 0 Å². The minimum Gasteiger partial charge on any atom is -0.507 e. The van der Waals surface area contributed by atoms with Gasteiger partial charge >= 0.3 is 5.97 Å². The minimum atomic E-state index is -1.76. The van der Waals surface area contributed by atoms with E-state index in [1.807, 2.05) is 32.8 Å². The van der Waals surface area contributed by atoms with E-state index in [1.54, 1.807) is 0 Å². The van der Waals surface area contributed by atoms with E-state index in [2.05, 4.69) is 0 Å². The van der Waals surface area contributed by atoms with Crippen LogP contribution in [0.4, 0.5) is 0 Å². The molecule has 6 rings (SSSR count). The van der Waals surface area contributed by atoms with Crippen LogP contribution in [-0.2, 0) is 28.5 Å². The summed E-state index contributed by atoms with van der Waals surface area (Å²) in [5, 5.41) is 44.3. The molecule has 2 saturated heterocycles. The largest absolute Gasteiger partial charge is 0.507 e. The second-order valence-electron chi connectivity index (χ2n) is 13.8. The molecule has 2 aromatic carbocycles. The predicted octanol–water partition coefficient (Wildman–Crippen LogP) is 2.68. The number of aliphatic hydroxyl groups is 2. The summed E-state index contributed by atoms with van der Waals surface area (Å²) < 4.78 is 30.2. The van der Waals surface area contributed by atoms with Crippen molar-refractivity contribution in [3.63, 3.8) is 0 Å². The smallest absolute Gasteiger partial charge is 0.316 e. The molecular weight excluding hydrogens is 626 g/mol. The zero-order chi connectivity index (χ0) is 34.8. The average Bonchev–Trinajstić information content (AvgIpc) is 2.99. The van der Waals surface area contributed by atoms with Crippen LogP contribution in [0.2, 0.25) is 0 Å². The van der Waals surface area contributed by atoms with Crippen molar-refractivity contribution in [3.8, 4) is 11.5 Å². The van der Waals surface area contributed by atoms with Gasteiger partial charge in [0.15, 0.2) is 18.4 Å². The molecule has 10 atom stereocenters. The maximum atomic E-state index is 13.8. The molecule has 48 heavy (non-hydrogen) atoms. The maximum Gasteiger partial charge on any atom is 0.316 e. The van der Waals surface area contributed by atoms with Crippen molar-refractivity contribution in [2.24, 2.45) is 0 Å². The lowest BCUT2D eigenvalue weighted by Crippen LogP contribution is -2.56. The lowest BCUT2D eigenvalue weighted by Gasteiger charge is -2.47. The van der Waals surface area contributed by atoms with E-state index < -0.39 is 77.5 Å². The van der Waals surface area contributed by atoms with Gasteiger partial charge in [0.1, 0.15) is 23.5 Å². The predicted molar refractivity (Wildman–Crippen MR) is 168 cm³/mol. The van der Waals surface area contributed by atoms with Crippen molar-refractivity contribution < 1.29 is 58.5 Å². The molecule has 0 saturated carbocycles. The van der Waals surface area contributed by atoms with Gasteiger partial charge in [-0.1, -0.05) is 12.1 Å². The molecule has 2 fully saturated rings. The number of rotatable bonds is 6. The highest BCUT2D eigenvalue weighted by Crippen LogP contribution is 2.53. The first-order chi connectivity index (χ1) is 22.6. The van der Waals surface area contributed by atoms with E-state index in [1.165, 1.54) is 38.3 Å². The van der Waals surface area contributed by atoms with Gasteiger partial charge in [-0.05, 0) is 59.0 Å². The minimum absolute atomic E-state index is 0.0458. The van der Waals surface area contributed by atoms with E-state index in [0.29, 0.717) is 19.3 Å². The van der Waals surface area contributed by atoms with E-state index in [0.717, 1.165) is 0 Å². The molecule has 13 heteroatoms. The molecule has 260 valence electrons. The topological polar surface area (TPSA) is 182 Å². The first-order valence-corrected chi connectivity index (χ1v) is 16.2. The highest BCUT2D eigenvalue weighted by Gasteiger charge is 2.52. The molecule has 0 spiro atoms. The number of ketones is 2. The molecule has 2 heterocycles. The number of phenolic OH excluding ortho intramolecular Hbond substituents is 2. The summed E-state index contributed by atoms with van der Waals surface area (Å²) in [7, 11) is 4.96. The lowest BCUT2D eigenvalue weighted by atomic mass is 9.68. The Labute approximate surface area is 278 Å². The summed E-state index contributed by atoms with van der Waals surface area (Å²) in [6.45, 7) is 5.16. The second-order valence-corrected chi connectivity index (χ2v) is 13.8. The highest BCUT2D eigenvalue weighted by molar-refractivity contribution is 6.30. The molecule has 7 unspecified atom stereocenters. The van der Waals surface area contributed by atoms with Crippen molar-refractivity contribution in [3.05, 3.63) is 57.6 Å². The van der Waals surface area contributed by atoms with E-state index in [-0.39, 0.29) is 51.9 Å². The van der Waals surface area contributed by atoms with E-state index in [4.69, 9.17) is 23.7 Å². The number of aliphatic hydroxyl groups excluding tert-OH is 1. The number of fused-ring (bicyclic) bond motifs is 3. The third kappa shape index (κ3) is 5.91. The van der Waals surface area contributed by atoms with E-state index in [9.17, 15) is 34.8 Å². The van der Waals surface area contributed by atoms with Gasteiger partial charge in [-0.3, -0.25) is 14.4 Å². The molecule has 2 aliphatic carbocycles. The number of nitrogens with zero attached hydrogens (tertiary/aromatic N) is 1. The number of hydrogen-bond donors (Lipinski definition) is 4. The second kappa shape index (κ2) is 12.8. The molecule has 4 aliphatic rings. The Kier molecular flexibility index (Phi) is 9.18. The third-order valence-electron chi connectivity index (χ3n) is 10.0. The summed E-state index contributed by atoms with van der Waals surface area (Å²) >= 11 is 0. The van der Waals surface area contributed by atoms with Crippen LogP contribution in [0.5, 0.6) is 11.5 Å². The maximum absolute atomic E-state index is 13.8. The van der Waals surface area contributed by atoms with Gasteiger partial charge in [-0.25, -0.2) is 0 Å². The number of esters is 1. The normalized spacial score (nSPS) is 34.7. The Morgan fingerprint density at radius 3 is 2.35 bits per heavy atom. The molecule has 0 aromatic heterocycles. The van der Waals surface area contributed by atoms with Crippen LogP contribution in [0.1, 0.15) is 101 Å². The SMILES string of the molecule is COC(=O)[C@@H]1c2cc3c(c(O)c2[C@@H](OC2CC(N(C)C)C(OC4CC(O)CC(C)O4)C(C)O2)C[C@@]1(C)O)C(=O)c1c(O)cccc1C3=O. The highest BCUT2D eigenvalue weighted by atomic mass is 16.7. The molecule has 4 N–H and O–H groups in total. The fraction of sp³-hybridized carbons (Fsp3) is 0.571. The molecule has 0 radical (unpaired) electrons. The van der Waals surface area contributed by atoms with Crippen molar-refractivity contribution in [1.29, 1.82) is 0 Å². The summed E-state index contributed by atoms with van der Waals surface area (Å²) in [4.78, 5) is 42.5. The summed E-state index contributed by atoms with van der Waals surface area (Å²) in [6, 6.07) is 5.21. The Morgan fingerprint density at radius 2 is 1.69 bits per heavy atom. The fourth-order valence-electron chi connectivity index (χ4n) is 7.80. The number of benzene rings is 2. The first kappa shape index (κ1) is 34.4. The molecule has 2 aliphatic heterocycles. The number of hydrogen-bond acceptors (Lipinski definition) is 13. The van der Waals surface area contributed by atoms with Crippen LogP contribution in [-0.4, -0.2) is 113 Å². The number of aromatic hydroxyl groups is 2. The van der Waals surface area contributed by atoms with Gasteiger partial charge < -0.3 is 49.0 Å². The Bertz CT molecular complexity index is 1610. The Balaban J connectivity index is 1.37. The Hall–Kier alpha value is -3.43. The van der Waals surface area contributed by atoms with Gasteiger partial charge in [0.05, 0.1) is 48.3 Å². The fourth-order valence-corrected chi connectivity index (χ4v) is 7.80. The van der Waals surface area contributed by atoms with Crippen molar-refractivity contribution in [1.82, 2.24) is 4.90 Å². The van der Waals surface area contributed by atoms with Gasteiger partial charge in [-0.15, -0.1) is 0 Å². The van der Waals surface area contributed by atoms with Crippen molar-refractivity contribution in [2.45, 2.75) is 107 Å². The van der Waals surface area contributed by atoms with Crippen molar-refractivity contribution >= 4 is 17.5 Å². The number of phenols is 2. The van der Waals surface area contributed by atoms with Crippen LogP contribution >= 0.6 is 0 Å². The molecule has 0 amide bonds. The van der Waals surface area contributed by atoms with Crippen LogP contribution in [0.25, 0.3) is 0 Å². The molecule has 13 nitrogen and oxygen atoms in total. The first-order valence-electron chi connectivity index (χ1n) is 16.2. The summed E-state index contributed by atoms with van der Waals surface area (Å²) in [5.74, 6) is -4.51. The zero-order valence-corrected chi connectivity index (χ0v) is 27.8. The van der Waals surface area contributed by atoms with Crippen LogP contribution < -0.4 is 0 Å². The number of carbonyl (C=O) groups excluding carboxylic acids is 3. The monoisotopic (exact) mass is 669 g/mol. The standard InChI is InChI=1S/C35H43NO12/c1-15-10-17(37)11-24(45-15)48-33-16(2)46-25(13-21(33)36(4)5)47-23-14-35(3,43)29(34(42)44-6)19-12-20-28(32(41)27(19)23)31(40)26-18(30(20)39)8-7-9-22(26)38/h7-9,12,15-17,21,23-25,29,33,37-38,41,43H,10-11,13-14H2,1-6H3/t15?,16?,17?,21?,23-,24?,25?,29-,33?,35+/m0/s1.